The van der Waals surface area contributed by atoms with Gasteiger partial charge in [0.15, 0.2) is 0 Å². The molecule has 1 spiro atoms. The smallest absolute Gasteiger partial charge is 0.317 e. The molecule has 2 saturated heterocycles. The van der Waals surface area contributed by atoms with Crippen LogP contribution in [0.4, 0.5) is 4.79 Å². The fourth-order valence-electron chi connectivity index (χ4n) is 3.31. The molecule has 2 fully saturated rings. The van der Waals surface area contributed by atoms with Crippen LogP contribution in [-0.2, 0) is 11.3 Å². The molecule has 0 aromatic heterocycles. The van der Waals surface area contributed by atoms with Crippen LogP contribution >= 0.6 is 23.2 Å². The van der Waals surface area contributed by atoms with Crippen LogP contribution in [0.2, 0.25) is 10.0 Å². The van der Waals surface area contributed by atoms with Crippen LogP contribution in [0.5, 0.6) is 0 Å². The van der Waals surface area contributed by atoms with Crippen molar-refractivity contribution in [1.29, 1.82) is 0 Å². The third kappa shape index (κ3) is 3.40. The topological polar surface area (TPSA) is 61.4 Å². The molecule has 0 saturated carbocycles. The normalized spacial score (nSPS) is 23.9. The summed E-state index contributed by atoms with van der Waals surface area (Å²) in [7, 11) is 0. The van der Waals surface area contributed by atoms with Crippen molar-refractivity contribution < 1.29 is 9.59 Å². The predicted octanol–water partition coefficient (Wildman–Crippen LogP) is 2.81. The third-order valence-electron chi connectivity index (χ3n) is 4.69. The second-order valence-electron chi connectivity index (χ2n) is 6.21. The summed E-state index contributed by atoms with van der Waals surface area (Å²) in [6.45, 7) is 2.17. The van der Waals surface area contributed by atoms with Crippen LogP contribution in [0, 0.1) is 5.41 Å². The molecule has 1 aromatic rings. The third-order valence-corrected chi connectivity index (χ3v) is 5.27. The van der Waals surface area contributed by atoms with Crippen molar-refractivity contribution in [3.63, 3.8) is 0 Å². The fraction of sp³-hybridized carbons (Fsp3) is 0.500. The van der Waals surface area contributed by atoms with Crippen molar-refractivity contribution >= 4 is 35.1 Å². The summed E-state index contributed by atoms with van der Waals surface area (Å²) in [5.41, 5.74) is 0.418. The molecule has 7 heteroatoms. The van der Waals surface area contributed by atoms with Gasteiger partial charge in [-0.15, -0.1) is 0 Å². The lowest BCUT2D eigenvalue weighted by molar-refractivity contribution is -0.132. The minimum Gasteiger partial charge on any atom is -0.356 e. The minimum atomic E-state index is -0.395. The Morgan fingerprint density at radius 2 is 2.17 bits per heavy atom. The van der Waals surface area contributed by atoms with Crippen LogP contribution in [0.25, 0.3) is 0 Å². The fourth-order valence-corrected chi connectivity index (χ4v) is 3.79. The Hall–Kier alpha value is -1.46. The second-order valence-corrected chi connectivity index (χ2v) is 7.05. The molecule has 0 unspecified atom stereocenters. The van der Waals surface area contributed by atoms with Gasteiger partial charge >= 0.3 is 6.03 Å². The van der Waals surface area contributed by atoms with Crippen LogP contribution in [-0.4, -0.2) is 36.5 Å². The number of carbonyl (C=O) groups is 2. The van der Waals surface area contributed by atoms with Crippen molar-refractivity contribution in [2.45, 2.75) is 25.8 Å². The first kappa shape index (κ1) is 16.4. The van der Waals surface area contributed by atoms with Gasteiger partial charge in [-0.3, -0.25) is 4.79 Å². The van der Waals surface area contributed by atoms with E-state index in [0.29, 0.717) is 29.7 Å². The lowest BCUT2D eigenvalue weighted by Crippen LogP contribution is -2.48. The van der Waals surface area contributed by atoms with Gasteiger partial charge < -0.3 is 15.5 Å². The maximum absolute atomic E-state index is 12.3. The summed E-state index contributed by atoms with van der Waals surface area (Å²) in [5.74, 6) is 0.0831. The Kier molecular flexibility index (Phi) is 4.69. The van der Waals surface area contributed by atoms with E-state index in [1.165, 1.54) is 0 Å². The van der Waals surface area contributed by atoms with Crippen molar-refractivity contribution in [2.24, 2.45) is 5.41 Å². The molecule has 3 amide bonds. The Morgan fingerprint density at radius 1 is 1.35 bits per heavy atom. The summed E-state index contributed by atoms with van der Waals surface area (Å²) < 4.78 is 0. The number of halogens is 2. The number of nitrogens with one attached hydrogen (secondary N) is 2. The van der Waals surface area contributed by atoms with E-state index in [2.05, 4.69) is 10.6 Å². The lowest BCUT2D eigenvalue weighted by atomic mass is 9.79. The molecular formula is C16H19Cl2N3O2. The zero-order valence-corrected chi connectivity index (χ0v) is 14.2. The summed E-state index contributed by atoms with van der Waals surface area (Å²) in [5, 5.41) is 6.88. The molecule has 2 N–H and O–H groups in total. The summed E-state index contributed by atoms with van der Waals surface area (Å²) in [6.07, 6.45) is 2.56. The molecule has 2 heterocycles. The van der Waals surface area contributed by atoms with Gasteiger partial charge in [0.05, 0.1) is 5.41 Å². The van der Waals surface area contributed by atoms with E-state index in [9.17, 15) is 9.59 Å². The molecular weight excluding hydrogens is 337 g/mol. The van der Waals surface area contributed by atoms with E-state index in [-0.39, 0.29) is 11.9 Å². The highest BCUT2D eigenvalue weighted by Crippen LogP contribution is 2.37. The second kappa shape index (κ2) is 6.57. The summed E-state index contributed by atoms with van der Waals surface area (Å²) in [6, 6.07) is 5.03. The molecule has 0 bridgehead atoms. The quantitative estimate of drug-likeness (QED) is 0.856. The number of amides is 3. The van der Waals surface area contributed by atoms with Gasteiger partial charge in [0.2, 0.25) is 5.91 Å². The summed E-state index contributed by atoms with van der Waals surface area (Å²) >= 11 is 12.0. The number of hydrogen-bond acceptors (Lipinski definition) is 2. The van der Waals surface area contributed by atoms with Gasteiger partial charge in [0.25, 0.3) is 0 Å². The van der Waals surface area contributed by atoms with Crippen molar-refractivity contribution in [3.05, 3.63) is 33.8 Å². The number of piperidine rings is 1. The average Bonchev–Trinajstić information content (AvgIpc) is 2.95. The van der Waals surface area contributed by atoms with Crippen molar-refractivity contribution in [1.82, 2.24) is 15.5 Å². The molecule has 2 aliphatic rings. The zero-order chi connectivity index (χ0) is 16.4. The zero-order valence-electron chi connectivity index (χ0n) is 12.7. The van der Waals surface area contributed by atoms with Crippen LogP contribution in [0.15, 0.2) is 18.2 Å². The highest BCUT2D eigenvalue weighted by Gasteiger charge is 2.46. The Morgan fingerprint density at radius 3 is 2.91 bits per heavy atom. The number of benzene rings is 1. The van der Waals surface area contributed by atoms with E-state index in [0.717, 1.165) is 31.4 Å². The Bertz CT molecular complexity index is 638. The SMILES string of the molecule is O=C(NCc1ccc(Cl)cc1Cl)N1CC[C@@]2(CCCNC2=O)C1. The maximum atomic E-state index is 12.3. The monoisotopic (exact) mass is 355 g/mol. The van der Waals surface area contributed by atoms with E-state index in [1.807, 2.05) is 0 Å². The average molecular weight is 356 g/mol. The molecule has 0 radical (unpaired) electrons. The summed E-state index contributed by atoms with van der Waals surface area (Å²) in [4.78, 5) is 26.2. The standard InChI is InChI=1S/C16H19Cl2N3O2/c17-12-3-2-11(13(18)8-12)9-20-15(23)21-7-5-16(10-21)4-1-6-19-14(16)22/h2-3,8H,1,4-7,9-10H2,(H,19,22)(H,20,23)/t16-/m0/s1. The van der Waals surface area contributed by atoms with Crippen LogP contribution in [0.3, 0.4) is 0 Å². The molecule has 5 nitrogen and oxygen atoms in total. The van der Waals surface area contributed by atoms with Gasteiger partial charge in [0, 0.05) is 36.2 Å². The van der Waals surface area contributed by atoms with Gasteiger partial charge in [0.1, 0.15) is 0 Å². The number of likely N-dealkylation sites (tertiary alicyclic amines) is 1. The number of rotatable bonds is 2. The maximum Gasteiger partial charge on any atom is 0.317 e. The van der Waals surface area contributed by atoms with E-state index in [1.54, 1.807) is 23.1 Å². The lowest BCUT2D eigenvalue weighted by Gasteiger charge is -2.32. The first-order chi connectivity index (χ1) is 11.0. The Balaban J connectivity index is 1.58. The number of hydrogen-bond donors (Lipinski definition) is 2. The molecule has 0 aliphatic carbocycles. The van der Waals surface area contributed by atoms with E-state index in [4.69, 9.17) is 23.2 Å². The molecule has 23 heavy (non-hydrogen) atoms. The van der Waals surface area contributed by atoms with Gasteiger partial charge in [-0.05, 0) is 37.0 Å². The number of urea groups is 1. The predicted molar refractivity (Wildman–Crippen MR) is 89.6 cm³/mol. The first-order valence-electron chi connectivity index (χ1n) is 7.75. The van der Waals surface area contributed by atoms with Gasteiger partial charge in [-0.1, -0.05) is 29.3 Å². The molecule has 1 aromatic carbocycles. The first-order valence-corrected chi connectivity index (χ1v) is 8.51. The molecule has 3 rings (SSSR count). The molecule has 2 aliphatic heterocycles. The van der Waals surface area contributed by atoms with Crippen LogP contribution in [0.1, 0.15) is 24.8 Å². The molecule has 124 valence electrons. The van der Waals surface area contributed by atoms with Crippen LogP contribution < -0.4 is 10.6 Å². The Labute approximate surface area is 145 Å². The minimum absolute atomic E-state index is 0.0831. The van der Waals surface area contributed by atoms with Gasteiger partial charge in [-0.2, -0.15) is 0 Å². The molecule has 1 atom stereocenters. The number of nitrogens with zero attached hydrogens (tertiary/aromatic N) is 1. The number of carbonyl (C=O) groups excluding carboxylic acids is 2. The van der Waals surface area contributed by atoms with Crippen molar-refractivity contribution in [3.8, 4) is 0 Å². The largest absolute Gasteiger partial charge is 0.356 e. The van der Waals surface area contributed by atoms with Gasteiger partial charge in [-0.25, -0.2) is 4.79 Å². The highest BCUT2D eigenvalue weighted by molar-refractivity contribution is 6.35. The van der Waals surface area contributed by atoms with E-state index < -0.39 is 5.41 Å². The highest BCUT2D eigenvalue weighted by atomic mass is 35.5. The van der Waals surface area contributed by atoms with Crippen molar-refractivity contribution in [2.75, 3.05) is 19.6 Å². The van der Waals surface area contributed by atoms with E-state index >= 15 is 0 Å².